The number of hydrogen-bond donors (Lipinski definition) is 2. The van der Waals surface area contributed by atoms with Gasteiger partial charge in [-0.2, -0.15) is 0 Å². The maximum atomic E-state index is 12.8. The van der Waals surface area contributed by atoms with Gasteiger partial charge >= 0.3 is 12.0 Å². The second-order valence-electron chi connectivity index (χ2n) is 7.43. The van der Waals surface area contributed by atoms with Crippen LogP contribution in [0.25, 0.3) is 10.9 Å². The van der Waals surface area contributed by atoms with Crippen molar-refractivity contribution in [2.75, 3.05) is 6.54 Å². The van der Waals surface area contributed by atoms with E-state index in [0.29, 0.717) is 11.3 Å². The molecule has 1 aromatic heterocycles. The zero-order valence-corrected chi connectivity index (χ0v) is 16.3. The smallest absolute Gasteiger partial charge is 0.325 e. The fourth-order valence-corrected chi connectivity index (χ4v) is 3.33. The summed E-state index contributed by atoms with van der Waals surface area (Å²) in [6, 6.07) is 6.87. The number of carbonyl (C=O) groups excluding carboxylic acids is 4. The molecule has 8 heteroatoms. The quantitative estimate of drug-likeness (QED) is 0.451. The molecule has 0 saturated carbocycles. The number of carbonyl (C=O) groups is 4. The highest BCUT2D eigenvalue weighted by Crippen LogP contribution is 2.24. The summed E-state index contributed by atoms with van der Waals surface area (Å²) in [7, 11) is 0. The minimum absolute atomic E-state index is 0.0973. The second kappa shape index (κ2) is 7.10. The lowest BCUT2D eigenvalue weighted by Gasteiger charge is -2.16. The summed E-state index contributed by atoms with van der Waals surface area (Å²) in [5.74, 6) is -1.35. The number of para-hydroxylation sites is 1. The van der Waals surface area contributed by atoms with Gasteiger partial charge in [-0.3, -0.25) is 19.3 Å². The first-order valence-corrected chi connectivity index (χ1v) is 9.07. The van der Waals surface area contributed by atoms with E-state index in [-0.39, 0.29) is 18.7 Å². The molecule has 1 atom stereocenters. The number of nitrogens with zero attached hydrogens (tertiary/aromatic N) is 1. The van der Waals surface area contributed by atoms with Gasteiger partial charge in [0, 0.05) is 28.7 Å². The maximum absolute atomic E-state index is 12.8. The summed E-state index contributed by atoms with van der Waals surface area (Å²) in [6.07, 6.45) is -1.16. The Morgan fingerprint density at radius 3 is 2.54 bits per heavy atom. The van der Waals surface area contributed by atoms with Gasteiger partial charge in [0.25, 0.3) is 5.91 Å². The summed E-state index contributed by atoms with van der Waals surface area (Å²) < 4.78 is 5.25. The van der Waals surface area contributed by atoms with E-state index in [4.69, 9.17) is 4.74 Å². The highest BCUT2D eigenvalue weighted by atomic mass is 16.5. The highest BCUT2D eigenvalue weighted by molar-refractivity contribution is 6.11. The van der Waals surface area contributed by atoms with Crippen molar-refractivity contribution in [1.29, 1.82) is 0 Å². The van der Waals surface area contributed by atoms with Crippen molar-refractivity contribution in [2.24, 2.45) is 0 Å². The maximum Gasteiger partial charge on any atom is 0.325 e. The van der Waals surface area contributed by atoms with Crippen LogP contribution in [0, 0.1) is 6.92 Å². The summed E-state index contributed by atoms with van der Waals surface area (Å²) in [6.45, 7) is 6.39. The van der Waals surface area contributed by atoms with E-state index < -0.39 is 29.6 Å². The number of aryl methyl sites for hydroxylation is 1. The van der Waals surface area contributed by atoms with Crippen LogP contribution in [0.1, 0.15) is 43.2 Å². The number of benzene rings is 1. The molecule has 0 aliphatic carbocycles. The Morgan fingerprint density at radius 2 is 1.89 bits per heavy atom. The average Bonchev–Trinajstić information content (AvgIpc) is 3.05. The van der Waals surface area contributed by atoms with Gasteiger partial charge in [0.15, 0.2) is 6.10 Å². The predicted molar refractivity (Wildman–Crippen MR) is 102 cm³/mol. The van der Waals surface area contributed by atoms with Crippen molar-refractivity contribution in [1.82, 2.24) is 15.2 Å². The van der Waals surface area contributed by atoms with Crippen molar-refractivity contribution in [3.05, 3.63) is 35.5 Å². The predicted octanol–water partition coefficient (Wildman–Crippen LogP) is 2.31. The molecule has 2 N–H and O–H groups in total. The number of hydrogen-bond acceptors (Lipinski definition) is 5. The number of nitrogens with one attached hydrogen (secondary N) is 2. The summed E-state index contributed by atoms with van der Waals surface area (Å²) in [5, 5.41) is 3.32. The molecule has 3 rings (SSSR count). The first-order valence-electron chi connectivity index (χ1n) is 9.07. The van der Waals surface area contributed by atoms with Gasteiger partial charge in [-0.1, -0.05) is 18.2 Å². The van der Waals surface area contributed by atoms with Crippen LogP contribution in [0.3, 0.4) is 0 Å². The number of ketones is 1. The molecule has 148 valence electrons. The molecule has 2 heterocycles. The third-order valence-electron chi connectivity index (χ3n) is 4.80. The van der Waals surface area contributed by atoms with Crippen LogP contribution in [-0.2, 0) is 14.3 Å². The number of ether oxygens (including phenoxy) is 1. The Balaban J connectivity index is 1.63. The van der Waals surface area contributed by atoms with Crippen molar-refractivity contribution < 1.29 is 23.9 Å². The van der Waals surface area contributed by atoms with Crippen LogP contribution in [0.5, 0.6) is 0 Å². The monoisotopic (exact) mass is 385 g/mol. The number of aromatic nitrogens is 1. The fourth-order valence-electron chi connectivity index (χ4n) is 3.33. The van der Waals surface area contributed by atoms with E-state index in [1.165, 1.54) is 6.92 Å². The molecule has 8 nitrogen and oxygen atoms in total. The van der Waals surface area contributed by atoms with Crippen LogP contribution in [0.2, 0.25) is 0 Å². The van der Waals surface area contributed by atoms with Crippen molar-refractivity contribution >= 4 is 34.6 Å². The van der Waals surface area contributed by atoms with Gasteiger partial charge < -0.3 is 15.0 Å². The molecular formula is C20H23N3O5. The Bertz CT molecular complexity index is 975. The number of aromatic amines is 1. The lowest BCUT2D eigenvalue weighted by atomic mass is 10.0. The SMILES string of the molecule is Cc1[nH]c2ccccc2c1C(=O)[C@@H](C)OC(=O)CCN1C(=O)NC(C)(C)C1=O. The summed E-state index contributed by atoms with van der Waals surface area (Å²) in [5.41, 5.74) is 1.04. The summed E-state index contributed by atoms with van der Waals surface area (Å²) >= 11 is 0. The van der Waals surface area contributed by atoms with E-state index in [1.54, 1.807) is 20.8 Å². The highest BCUT2D eigenvalue weighted by Gasteiger charge is 2.44. The minimum atomic E-state index is -0.989. The number of imide groups is 1. The van der Waals surface area contributed by atoms with Crippen molar-refractivity contribution in [3.63, 3.8) is 0 Å². The van der Waals surface area contributed by atoms with Crippen LogP contribution < -0.4 is 5.32 Å². The number of amides is 3. The molecule has 1 saturated heterocycles. The van der Waals surface area contributed by atoms with Crippen LogP contribution in [0.15, 0.2) is 24.3 Å². The van der Waals surface area contributed by atoms with Crippen molar-refractivity contribution in [3.8, 4) is 0 Å². The minimum Gasteiger partial charge on any atom is -0.454 e. The standard InChI is InChI=1S/C20H23N3O5/c1-11-16(13-7-5-6-8-14(13)21-11)17(25)12(2)28-15(24)9-10-23-18(26)20(3,4)22-19(23)27/h5-8,12,21H,9-10H2,1-4H3,(H,22,27)/t12-/m1/s1. The van der Waals surface area contributed by atoms with Gasteiger partial charge in [0.1, 0.15) is 5.54 Å². The first kappa shape index (κ1) is 19.6. The molecule has 2 aromatic rings. The largest absolute Gasteiger partial charge is 0.454 e. The third-order valence-corrected chi connectivity index (χ3v) is 4.80. The van der Waals surface area contributed by atoms with E-state index in [0.717, 1.165) is 15.8 Å². The molecule has 0 bridgehead atoms. The van der Waals surface area contributed by atoms with E-state index in [1.807, 2.05) is 24.3 Å². The Hall–Kier alpha value is -3.16. The number of esters is 1. The third kappa shape index (κ3) is 3.49. The normalized spacial score (nSPS) is 16.9. The molecule has 0 unspecified atom stereocenters. The second-order valence-corrected chi connectivity index (χ2v) is 7.43. The van der Waals surface area contributed by atoms with Gasteiger partial charge in [0.2, 0.25) is 5.78 Å². The van der Waals surface area contributed by atoms with E-state index in [9.17, 15) is 19.2 Å². The molecule has 0 spiro atoms. The molecule has 0 radical (unpaired) electrons. The molecule has 28 heavy (non-hydrogen) atoms. The Labute approximate surface area is 162 Å². The van der Waals surface area contributed by atoms with Crippen LogP contribution >= 0.6 is 0 Å². The number of Topliss-reactive ketones (excluding diaryl/α,β-unsaturated/α-hetero) is 1. The molecule has 1 fully saturated rings. The van der Waals surface area contributed by atoms with Gasteiger partial charge in [-0.15, -0.1) is 0 Å². The Morgan fingerprint density at radius 1 is 1.21 bits per heavy atom. The van der Waals surface area contributed by atoms with Crippen molar-refractivity contribution in [2.45, 2.75) is 45.8 Å². The molecule has 1 aromatic carbocycles. The molecule has 1 aliphatic rings. The topological polar surface area (TPSA) is 109 Å². The Kier molecular flexibility index (Phi) is 4.97. The molecule has 3 amide bonds. The number of H-pyrrole nitrogens is 1. The van der Waals surface area contributed by atoms with Gasteiger partial charge in [-0.05, 0) is 33.8 Å². The van der Waals surface area contributed by atoms with Crippen LogP contribution in [0.4, 0.5) is 4.79 Å². The number of urea groups is 1. The lowest BCUT2D eigenvalue weighted by molar-refractivity contribution is -0.146. The average molecular weight is 385 g/mol. The number of rotatable bonds is 6. The molecule has 1 aliphatic heterocycles. The molecular weight excluding hydrogens is 362 g/mol. The van der Waals surface area contributed by atoms with E-state index >= 15 is 0 Å². The fraction of sp³-hybridized carbons (Fsp3) is 0.400. The number of fused-ring (bicyclic) bond motifs is 1. The lowest BCUT2D eigenvalue weighted by Crippen LogP contribution is -2.40. The van der Waals surface area contributed by atoms with Gasteiger partial charge in [-0.25, -0.2) is 4.79 Å². The first-order chi connectivity index (χ1) is 13.1. The summed E-state index contributed by atoms with van der Waals surface area (Å²) in [4.78, 5) is 53.1. The zero-order chi connectivity index (χ0) is 20.6. The van der Waals surface area contributed by atoms with E-state index in [2.05, 4.69) is 10.3 Å². The zero-order valence-electron chi connectivity index (χ0n) is 16.3. The van der Waals surface area contributed by atoms with Crippen LogP contribution in [-0.4, -0.2) is 51.8 Å². The van der Waals surface area contributed by atoms with Gasteiger partial charge in [0.05, 0.1) is 6.42 Å².